The van der Waals surface area contributed by atoms with E-state index < -0.39 is 24.1 Å². The summed E-state index contributed by atoms with van der Waals surface area (Å²) in [6, 6.07) is 0. The smallest absolute Gasteiger partial charge is 0.331 e. The summed E-state index contributed by atoms with van der Waals surface area (Å²) in [4.78, 5) is 23.0. The van der Waals surface area contributed by atoms with E-state index in [1.54, 1.807) is 38.2 Å². The maximum Gasteiger partial charge on any atom is 0.331 e. The van der Waals surface area contributed by atoms with E-state index in [0.29, 0.717) is 0 Å². The Kier molecular flexibility index (Phi) is 5.79. The summed E-state index contributed by atoms with van der Waals surface area (Å²) in [5.41, 5.74) is 0.832. The van der Waals surface area contributed by atoms with Gasteiger partial charge in [-0.2, -0.15) is 0 Å². The second-order valence-electron chi connectivity index (χ2n) is 4.05. The van der Waals surface area contributed by atoms with E-state index in [-0.39, 0.29) is 0 Å². The van der Waals surface area contributed by atoms with Gasteiger partial charge in [-0.15, -0.1) is 0 Å². The highest BCUT2D eigenvalue weighted by atomic mass is 16.6. The second kappa shape index (κ2) is 7.36. The first-order chi connectivity index (χ1) is 9.08. The molecule has 0 amide bonds. The van der Waals surface area contributed by atoms with E-state index in [0.717, 1.165) is 5.57 Å². The van der Waals surface area contributed by atoms with Gasteiger partial charge in [-0.3, -0.25) is 0 Å². The fourth-order valence-electron chi connectivity index (χ4n) is 1.64. The topological polar surface area (TPSA) is 52.6 Å². The zero-order valence-electron chi connectivity index (χ0n) is 11.3. The molecule has 19 heavy (non-hydrogen) atoms. The first-order valence-electron chi connectivity index (χ1n) is 6.10. The summed E-state index contributed by atoms with van der Waals surface area (Å²) in [7, 11) is 0. The van der Waals surface area contributed by atoms with Crippen LogP contribution in [0.3, 0.4) is 0 Å². The minimum atomic E-state index is -0.595. The molecule has 0 saturated carbocycles. The quantitative estimate of drug-likeness (QED) is 0.577. The number of esters is 2. The van der Waals surface area contributed by atoms with E-state index in [4.69, 9.17) is 9.47 Å². The molecule has 0 unspecified atom stereocenters. The first-order valence-corrected chi connectivity index (χ1v) is 6.10. The standard InChI is InChI=1S/C15H18O4/c1-4-7-13(16)18-12-10-6-9-11(3)15(12)19-14(17)8-5-2/h4-10,12,15H,1-3H3/b7-4+,8-5+/t12-,15+/m0/s1. The molecule has 0 aromatic heterocycles. The Labute approximate surface area is 113 Å². The van der Waals surface area contributed by atoms with Gasteiger partial charge < -0.3 is 9.47 Å². The molecule has 2 atom stereocenters. The van der Waals surface area contributed by atoms with Crippen LogP contribution in [0.1, 0.15) is 20.8 Å². The molecule has 0 bridgehead atoms. The van der Waals surface area contributed by atoms with Crippen LogP contribution in [0.4, 0.5) is 0 Å². The molecule has 1 aliphatic rings. The lowest BCUT2D eigenvalue weighted by Crippen LogP contribution is -2.35. The van der Waals surface area contributed by atoms with Crippen molar-refractivity contribution in [1.29, 1.82) is 0 Å². The van der Waals surface area contributed by atoms with Crippen molar-refractivity contribution >= 4 is 11.9 Å². The number of carbonyl (C=O) groups excluding carboxylic acids is 2. The summed E-state index contributed by atoms with van der Waals surface area (Å²) in [5, 5.41) is 0. The number of carbonyl (C=O) groups is 2. The monoisotopic (exact) mass is 262 g/mol. The molecule has 1 rings (SSSR count). The molecular formula is C15H18O4. The van der Waals surface area contributed by atoms with E-state index in [1.165, 1.54) is 12.2 Å². The molecule has 4 nitrogen and oxygen atoms in total. The van der Waals surface area contributed by atoms with E-state index in [2.05, 4.69) is 0 Å². The zero-order valence-corrected chi connectivity index (χ0v) is 11.3. The Balaban J connectivity index is 2.77. The number of hydrogen-bond acceptors (Lipinski definition) is 4. The molecule has 0 radical (unpaired) electrons. The van der Waals surface area contributed by atoms with Gasteiger partial charge in [0.15, 0.2) is 12.2 Å². The third-order valence-electron chi connectivity index (χ3n) is 2.51. The largest absolute Gasteiger partial charge is 0.451 e. The Morgan fingerprint density at radius 2 is 1.68 bits per heavy atom. The van der Waals surface area contributed by atoms with Gasteiger partial charge in [-0.1, -0.05) is 24.3 Å². The molecular weight excluding hydrogens is 244 g/mol. The van der Waals surface area contributed by atoms with Gasteiger partial charge in [-0.05, 0) is 32.4 Å². The van der Waals surface area contributed by atoms with Crippen LogP contribution in [0, 0.1) is 0 Å². The third-order valence-corrected chi connectivity index (χ3v) is 2.51. The van der Waals surface area contributed by atoms with Crippen molar-refractivity contribution in [3.8, 4) is 0 Å². The highest BCUT2D eigenvalue weighted by molar-refractivity contribution is 5.83. The molecule has 0 heterocycles. The fourth-order valence-corrected chi connectivity index (χ4v) is 1.64. The summed E-state index contributed by atoms with van der Waals surface area (Å²) in [6.45, 7) is 5.29. The van der Waals surface area contributed by atoms with E-state index >= 15 is 0 Å². The van der Waals surface area contributed by atoms with Crippen molar-refractivity contribution in [2.45, 2.75) is 33.0 Å². The van der Waals surface area contributed by atoms with Gasteiger partial charge in [0, 0.05) is 12.2 Å². The van der Waals surface area contributed by atoms with Gasteiger partial charge in [0.25, 0.3) is 0 Å². The average molecular weight is 262 g/mol. The number of rotatable bonds is 4. The van der Waals surface area contributed by atoms with Gasteiger partial charge in [0.1, 0.15) is 0 Å². The molecule has 1 aliphatic carbocycles. The Bertz CT molecular complexity index is 455. The average Bonchev–Trinajstić information content (AvgIpc) is 2.34. The zero-order chi connectivity index (χ0) is 14.3. The van der Waals surface area contributed by atoms with Crippen LogP contribution in [0.5, 0.6) is 0 Å². The minimum Gasteiger partial charge on any atom is -0.451 e. The molecule has 0 fully saturated rings. The molecule has 0 N–H and O–H groups in total. The summed E-state index contributed by atoms with van der Waals surface area (Å²) in [5.74, 6) is -0.915. The molecule has 0 aromatic carbocycles. The van der Waals surface area contributed by atoms with Crippen molar-refractivity contribution in [2.75, 3.05) is 0 Å². The lowest BCUT2D eigenvalue weighted by Gasteiger charge is -2.26. The number of allylic oxidation sites excluding steroid dienone is 4. The van der Waals surface area contributed by atoms with Gasteiger partial charge in [0.2, 0.25) is 0 Å². The van der Waals surface area contributed by atoms with Gasteiger partial charge in [0.05, 0.1) is 0 Å². The van der Waals surface area contributed by atoms with Crippen LogP contribution in [-0.2, 0) is 19.1 Å². The highest BCUT2D eigenvalue weighted by Gasteiger charge is 2.28. The Morgan fingerprint density at radius 3 is 2.26 bits per heavy atom. The second-order valence-corrected chi connectivity index (χ2v) is 4.05. The van der Waals surface area contributed by atoms with E-state index in [1.807, 2.05) is 13.0 Å². The predicted octanol–water partition coefficient (Wildman–Crippen LogP) is 2.48. The van der Waals surface area contributed by atoms with Crippen LogP contribution in [0.15, 0.2) is 48.1 Å². The molecule has 0 aliphatic heterocycles. The van der Waals surface area contributed by atoms with E-state index in [9.17, 15) is 9.59 Å². The molecule has 4 heteroatoms. The Hall–Kier alpha value is -2.10. The minimum absolute atomic E-state index is 0.456. The van der Waals surface area contributed by atoms with Crippen molar-refractivity contribution in [2.24, 2.45) is 0 Å². The van der Waals surface area contributed by atoms with Gasteiger partial charge in [-0.25, -0.2) is 9.59 Å². The van der Waals surface area contributed by atoms with Crippen molar-refractivity contribution in [3.05, 3.63) is 48.1 Å². The van der Waals surface area contributed by atoms with Crippen molar-refractivity contribution in [3.63, 3.8) is 0 Å². The number of ether oxygens (including phenoxy) is 2. The number of hydrogen-bond donors (Lipinski definition) is 0. The lowest BCUT2D eigenvalue weighted by atomic mass is 10.0. The third kappa shape index (κ3) is 4.58. The summed E-state index contributed by atoms with van der Waals surface area (Å²) in [6.07, 6.45) is 9.98. The fraction of sp³-hybridized carbons (Fsp3) is 0.333. The van der Waals surface area contributed by atoms with Crippen LogP contribution in [-0.4, -0.2) is 24.1 Å². The van der Waals surface area contributed by atoms with Crippen molar-refractivity contribution < 1.29 is 19.1 Å². The maximum atomic E-state index is 11.5. The Morgan fingerprint density at radius 1 is 1.11 bits per heavy atom. The molecule has 0 saturated heterocycles. The summed E-state index contributed by atoms with van der Waals surface area (Å²) >= 11 is 0. The van der Waals surface area contributed by atoms with Crippen LogP contribution in [0.2, 0.25) is 0 Å². The van der Waals surface area contributed by atoms with Gasteiger partial charge >= 0.3 is 11.9 Å². The molecule has 0 spiro atoms. The SMILES string of the molecule is C/C=C/C(=O)O[C@H]1C=CC=C(C)[C@H]1OC(=O)/C=C/C. The lowest BCUT2D eigenvalue weighted by molar-refractivity contribution is -0.155. The first kappa shape index (κ1) is 15.0. The van der Waals surface area contributed by atoms with Crippen LogP contribution < -0.4 is 0 Å². The van der Waals surface area contributed by atoms with Crippen LogP contribution >= 0.6 is 0 Å². The highest BCUT2D eigenvalue weighted by Crippen LogP contribution is 2.20. The predicted molar refractivity (Wildman–Crippen MR) is 72.3 cm³/mol. The normalized spacial score (nSPS) is 22.6. The summed E-state index contributed by atoms with van der Waals surface area (Å²) < 4.78 is 10.5. The van der Waals surface area contributed by atoms with Crippen molar-refractivity contribution in [1.82, 2.24) is 0 Å². The molecule has 0 aromatic rings. The van der Waals surface area contributed by atoms with Crippen LogP contribution in [0.25, 0.3) is 0 Å². The molecule has 102 valence electrons. The maximum absolute atomic E-state index is 11.5.